The van der Waals surface area contributed by atoms with E-state index < -0.39 is 0 Å². The molecule has 0 aromatic carbocycles. The summed E-state index contributed by atoms with van der Waals surface area (Å²) in [6.07, 6.45) is 2.59. The Balaban J connectivity index is 1.94. The molecule has 1 N–H and O–H groups in total. The smallest absolute Gasteiger partial charge is 0.151 e. The molecule has 1 aromatic heterocycles. The number of rotatable bonds is 4. The van der Waals surface area contributed by atoms with E-state index in [1.807, 2.05) is 0 Å². The van der Waals surface area contributed by atoms with Crippen molar-refractivity contribution in [3.8, 4) is 0 Å². The fraction of sp³-hybridized carbons (Fsp3) is 0.733. The molecule has 1 aromatic rings. The molecule has 2 heterocycles. The SMILES string of the molecule is COC1CCCN(c2ccc(CNC(C)(C)C)nn2)C1. The minimum absolute atomic E-state index is 0.0961. The minimum atomic E-state index is 0.0961. The summed E-state index contributed by atoms with van der Waals surface area (Å²) in [7, 11) is 1.78. The molecule has 112 valence electrons. The second-order valence-electron chi connectivity index (χ2n) is 6.43. The lowest BCUT2D eigenvalue weighted by molar-refractivity contribution is 0.0891. The largest absolute Gasteiger partial charge is 0.380 e. The third-order valence-corrected chi connectivity index (χ3v) is 3.54. The van der Waals surface area contributed by atoms with Crippen LogP contribution in [0, 0.1) is 0 Å². The van der Waals surface area contributed by atoms with Crippen LogP contribution in [-0.2, 0) is 11.3 Å². The first-order chi connectivity index (χ1) is 9.48. The van der Waals surface area contributed by atoms with Gasteiger partial charge >= 0.3 is 0 Å². The highest BCUT2D eigenvalue weighted by atomic mass is 16.5. The number of anilines is 1. The Morgan fingerprint density at radius 1 is 1.35 bits per heavy atom. The quantitative estimate of drug-likeness (QED) is 0.912. The highest BCUT2D eigenvalue weighted by Crippen LogP contribution is 2.18. The molecule has 0 aliphatic carbocycles. The Morgan fingerprint density at radius 2 is 2.15 bits per heavy atom. The van der Waals surface area contributed by atoms with Gasteiger partial charge in [-0.25, -0.2) is 0 Å². The first-order valence-electron chi connectivity index (χ1n) is 7.33. The van der Waals surface area contributed by atoms with Crippen molar-refractivity contribution in [1.29, 1.82) is 0 Å². The number of ether oxygens (including phenoxy) is 1. The van der Waals surface area contributed by atoms with Gasteiger partial charge in [0, 0.05) is 32.3 Å². The van der Waals surface area contributed by atoms with Crippen LogP contribution in [-0.4, -0.2) is 42.0 Å². The fourth-order valence-electron chi connectivity index (χ4n) is 2.31. The fourth-order valence-corrected chi connectivity index (χ4v) is 2.31. The van der Waals surface area contributed by atoms with Crippen LogP contribution in [0.25, 0.3) is 0 Å². The number of nitrogens with one attached hydrogen (secondary N) is 1. The van der Waals surface area contributed by atoms with Crippen LogP contribution in [0.5, 0.6) is 0 Å². The van der Waals surface area contributed by atoms with Crippen LogP contribution < -0.4 is 10.2 Å². The standard InChI is InChI=1S/C15H26N4O/c1-15(2,3)16-10-12-7-8-14(18-17-12)19-9-5-6-13(11-19)20-4/h7-8,13,16H,5-6,9-11H2,1-4H3. The van der Waals surface area contributed by atoms with Crippen molar-refractivity contribution in [3.05, 3.63) is 17.8 Å². The maximum absolute atomic E-state index is 5.44. The lowest BCUT2D eigenvalue weighted by Gasteiger charge is -2.32. The van der Waals surface area contributed by atoms with Crippen LogP contribution in [0.2, 0.25) is 0 Å². The summed E-state index contributed by atoms with van der Waals surface area (Å²) in [4.78, 5) is 2.26. The van der Waals surface area contributed by atoms with Gasteiger partial charge in [-0.2, -0.15) is 5.10 Å². The van der Waals surface area contributed by atoms with Crippen molar-refractivity contribution in [1.82, 2.24) is 15.5 Å². The predicted octanol–water partition coefficient (Wildman–Crippen LogP) is 1.98. The summed E-state index contributed by atoms with van der Waals surface area (Å²) in [5, 5.41) is 12.1. The molecule has 0 radical (unpaired) electrons. The Labute approximate surface area is 121 Å². The summed E-state index contributed by atoms with van der Waals surface area (Å²) < 4.78 is 5.44. The van der Waals surface area contributed by atoms with E-state index in [0.29, 0.717) is 6.10 Å². The summed E-state index contributed by atoms with van der Waals surface area (Å²) in [6.45, 7) is 9.13. The van der Waals surface area contributed by atoms with E-state index in [1.54, 1.807) is 7.11 Å². The van der Waals surface area contributed by atoms with Gasteiger partial charge in [-0.1, -0.05) is 0 Å². The Bertz CT molecular complexity index is 413. The molecule has 20 heavy (non-hydrogen) atoms. The van der Waals surface area contributed by atoms with E-state index in [9.17, 15) is 0 Å². The first kappa shape index (κ1) is 15.2. The van der Waals surface area contributed by atoms with Crippen LogP contribution in [0.15, 0.2) is 12.1 Å². The molecule has 1 unspecified atom stereocenters. The van der Waals surface area contributed by atoms with Gasteiger partial charge < -0.3 is 15.0 Å². The van der Waals surface area contributed by atoms with Crippen molar-refractivity contribution in [3.63, 3.8) is 0 Å². The van der Waals surface area contributed by atoms with Crippen molar-refractivity contribution < 1.29 is 4.74 Å². The number of hydrogen-bond donors (Lipinski definition) is 1. The number of hydrogen-bond acceptors (Lipinski definition) is 5. The molecular formula is C15H26N4O. The molecule has 1 aliphatic heterocycles. The second kappa shape index (κ2) is 6.50. The zero-order valence-corrected chi connectivity index (χ0v) is 13.0. The molecule has 1 saturated heterocycles. The zero-order chi connectivity index (χ0) is 14.6. The summed E-state index contributed by atoms with van der Waals surface area (Å²) in [6, 6.07) is 4.11. The topological polar surface area (TPSA) is 50.3 Å². The van der Waals surface area contributed by atoms with Gasteiger partial charge in [-0.15, -0.1) is 5.10 Å². The van der Waals surface area contributed by atoms with Crippen molar-refractivity contribution in [2.45, 2.75) is 51.8 Å². The van der Waals surface area contributed by atoms with Gasteiger partial charge in [0.15, 0.2) is 5.82 Å². The van der Waals surface area contributed by atoms with Crippen LogP contribution in [0.3, 0.4) is 0 Å². The minimum Gasteiger partial charge on any atom is -0.380 e. The van der Waals surface area contributed by atoms with Gasteiger partial charge in [0.25, 0.3) is 0 Å². The van der Waals surface area contributed by atoms with Crippen LogP contribution in [0.4, 0.5) is 5.82 Å². The molecule has 0 saturated carbocycles. The van der Waals surface area contributed by atoms with Crippen molar-refractivity contribution in [2.75, 3.05) is 25.1 Å². The van der Waals surface area contributed by atoms with Gasteiger partial charge in [-0.3, -0.25) is 0 Å². The third-order valence-electron chi connectivity index (χ3n) is 3.54. The molecule has 5 nitrogen and oxygen atoms in total. The van der Waals surface area contributed by atoms with E-state index in [-0.39, 0.29) is 5.54 Å². The highest BCUT2D eigenvalue weighted by molar-refractivity contribution is 5.38. The van der Waals surface area contributed by atoms with Gasteiger partial charge in [0.2, 0.25) is 0 Å². The van der Waals surface area contributed by atoms with Gasteiger partial charge in [-0.05, 0) is 45.7 Å². The molecule has 0 spiro atoms. The van der Waals surface area contributed by atoms with E-state index in [2.05, 4.69) is 53.3 Å². The summed E-state index contributed by atoms with van der Waals surface area (Å²) in [5.41, 5.74) is 1.07. The molecule has 2 rings (SSSR count). The number of aromatic nitrogens is 2. The van der Waals surface area contributed by atoms with Gasteiger partial charge in [0.1, 0.15) is 0 Å². The average molecular weight is 278 g/mol. The highest BCUT2D eigenvalue weighted by Gasteiger charge is 2.20. The van der Waals surface area contributed by atoms with E-state index >= 15 is 0 Å². The second-order valence-corrected chi connectivity index (χ2v) is 6.43. The Morgan fingerprint density at radius 3 is 2.75 bits per heavy atom. The number of piperidine rings is 1. The predicted molar refractivity (Wildman–Crippen MR) is 80.9 cm³/mol. The molecule has 0 bridgehead atoms. The average Bonchev–Trinajstić information content (AvgIpc) is 2.45. The van der Waals surface area contributed by atoms with Gasteiger partial charge in [0.05, 0.1) is 11.8 Å². The maximum atomic E-state index is 5.44. The third kappa shape index (κ3) is 4.42. The molecule has 0 amide bonds. The molecular weight excluding hydrogens is 252 g/mol. The normalized spacial score (nSPS) is 20.2. The van der Waals surface area contributed by atoms with E-state index in [0.717, 1.165) is 44.0 Å². The van der Waals surface area contributed by atoms with Crippen molar-refractivity contribution >= 4 is 5.82 Å². The number of methoxy groups -OCH3 is 1. The summed E-state index contributed by atoms with van der Waals surface area (Å²) in [5.74, 6) is 0.950. The lowest BCUT2D eigenvalue weighted by Crippen LogP contribution is -2.40. The summed E-state index contributed by atoms with van der Waals surface area (Å²) >= 11 is 0. The van der Waals surface area contributed by atoms with E-state index in [1.165, 1.54) is 0 Å². The van der Waals surface area contributed by atoms with E-state index in [4.69, 9.17) is 4.74 Å². The van der Waals surface area contributed by atoms with Crippen molar-refractivity contribution in [2.24, 2.45) is 0 Å². The molecule has 1 fully saturated rings. The first-order valence-corrected chi connectivity index (χ1v) is 7.33. The van der Waals surface area contributed by atoms with Crippen LogP contribution >= 0.6 is 0 Å². The molecule has 1 aliphatic rings. The molecule has 5 heteroatoms. The Hall–Kier alpha value is -1.20. The monoisotopic (exact) mass is 278 g/mol. The van der Waals surface area contributed by atoms with Crippen LogP contribution in [0.1, 0.15) is 39.3 Å². The lowest BCUT2D eigenvalue weighted by atomic mass is 10.1. The molecule has 1 atom stereocenters. The zero-order valence-electron chi connectivity index (χ0n) is 13.0. The maximum Gasteiger partial charge on any atom is 0.151 e. The number of nitrogens with zero attached hydrogens (tertiary/aromatic N) is 3. The Kier molecular flexibility index (Phi) is 4.94.